The summed E-state index contributed by atoms with van der Waals surface area (Å²) in [6, 6.07) is 37.4. The molecule has 40 heavy (non-hydrogen) atoms. The topological polar surface area (TPSA) is 69.8 Å². The molecular formula is C33H22N4O2S. The fourth-order valence-corrected chi connectivity index (χ4v) is 7.47. The van der Waals surface area contributed by atoms with Crippen molar-refractivity contribution in [3.63, 3.8) is 0 Å². The van der Waals surface area contributed by atoms with Gasteiger partial charge in [0.2, 0.25) is 9.84 Å². The lowest BCUT2D eigenvalue weighted by Crippen LogP contribution is -2.15. The highest BCUT2D eigenvalue weighted by Gasteiger charge is 2.32. The highest BCUT2D eigenvalue weighted by molar-refractivity contribution is 7.92. The first-order chi connectivity index (χ1) is 19.5. The van der Waals surface area contributed by atoms with E-state index in [4.69, 9.17) is 4.98 Å². The SMILES string of the molecule is Cc1nc2cccc3c2n1-c1ccc(-c2ccc(-c4nc5ccccc5n4-c4ccccc4)cc2)cc1S3(=O)=O. The van der Waals surface area contributed by atoms with Crippen molar-refractivity contribution in [2.45, 2.75) is 16.7 Å². The molecule has 7 heteroatoms. The molecule has 0 fully saturated rings. The quantitative estimate of drug-likeness (QED) is 0.239. The summed E-state index contributed by atoms with van der Waals surface area (Å²) in [6.45, 7) is 1.90. The normalized spacial score (nSPS) is 13.5. The average Bonchev–Trinajstić information content (AvgIpc) is 3.54. The van der Waals surface area contributed by atoms with Crippen LogP contribution in [0.3, 0.4) is 0 Å². The second-order valence-corrected chi connectivity index (χ2v) is 11.9. The number of fused-ring (bicyclic) bond motifs is 3. The van der Waals surface area contributed by atoms with Crippen molar-refractivity contribution in [1.29, 1.82) is 0 Å². The lowest BCUT2D eigenvalue weighted by Gasteiger charge is -2.21. The Morgan fingerprint density at radius 3 is 2.12 bits per heavy atom. The summed E-state index contributed by atoms with van der Waals surface area (Å²) in [5.74, 6) is 1.61. The largest absolute Gasteiger partial charge is 0.294 e. The van der Waals surface area contributed by atoms with Gasteiger partial charge in [0.25, 0.3) is 0 Å². The minimum absolute atomic E-state index is 0.293. The molecule has 0 atom stereocenters. The highest BCUT2D eigenvalue weighted by Crippen LogP contribution is 2.41. The van der Waals surface area contributed by atoms with Gasteiger partial charge < -0.3 is 0 Å². The third kappa shape index (κ3) is 3.18. The molecule has 0 saturated carbocycles. The van der Waals surface area contributed by atoms with Crippen LogP contribution in [0.5, 0.6) is 0 Å². The van der Waals surface area contributed by atoms with Gasteiger partial charge in [-0.15, -0.1) is 0 Å². The van der Waals surface area contributed by atoms with Crippen LogP contribution >= 0.6 is 0 Å². The van der Waals surface area contributed by atoms with Crippen LogP contribution in [0, 0.1) is 6.92 Å². The van der Waals surface area contributed by atoms with Gasteiger partial charge in [0.15, 0.2) is 0 Å². The summed E-state index contributed by atoms with van der Waals surface area (Å²) in [4.78, 5) is 10.1. The number of aromatic nitrogens is 4. The molecule has 1 aliphatic rings. The zero-order valence-electron chi connectivity index (χ0n) is 21.5. The summed E-state index contributed by atoms with van der Waals surface area (Å²) in [7, 11) is -3.70. The molecule has 0 spiro atoms. The van der Waals surface area contributed by atoms with Crippen LogP contribution in [0.15, 0.2) is 125 Å². The van der Waals surface area contributed by atoms with Crippen molar-refractivity contribution in [1.82, 2.24) is 19.1 Å². The van der Waals surface area contributed by atoms with Gasteiger partial charge in [-0.25, -0.2) is 18.4 Å². The van der Waals surface area contributed by atoms with E-state index in [2.05, 4.69) is 27.8 Å². The van der Waals surface area contributed by atoms with E-state index in [1.807, 2.05) is 90.4 Å². The number of aryl methyl sites for hydroxylation is 1. The van der Waals surface area contributed by atoms with Crippen molar-refractivity contribution in [2.75, 3.05) is 0 Å². The zero-order valence-corrected chi connectivity index (χ0v) is 22.3. The Hall–Kier alpha value is -5.01. The smallest absolute Gasteiger partial charge is 0.210 e. The number of sulfone groups is 1. The molecule has 0 amide bonds. The van der Waals surface area contributed by atoms with Gasteiger partial charge >= 0.3 is 0 Å². The predicted octanol–water partition coefficient (Wildman–Crippen LogP) is 7.15. The van der Waals surface area contributed by atoms with Gasteiger partial charge in [0, 0.05) is 11.3 Å². The Morgan fingerprint density at radius 1 is 0.600 bits per heavy atom. The number of para-hydroxylation sites is 4. The molecular weight excluding hydrogens is 516 g/mol. The monoisotopic (exact) mass is 538 g/mol. The maximum absolute atomic E-state index is 13.7. The fourth-order valence-electron chi connectivity index (χ4n) is 5.81. The van der Waals surface area contributed by atoms with Gasteiger partial charge in [-0.1, -0.05) is 66.7 Å². The molecule has 0 aliphatic carbocycles. The predicted molar refractivity (Wildman–Crippen MR) is 157 cm³/mol. The van der Waals surface area contributed by atoms with Gasteiger partial charge in [0.05, 0.1) is 37.5 Å². The van der Waals surface area contributed by atoms with Gasteiger partial charge in [-0.3, -0.25) is 9.13 Å². The molecule has 0 saturated heterocycles. The fraction of sp³-hybridized carbons (Fsp3) is 0.0303. The van der Waals surface area contributed by atoms with Crippen molar-refractivity contribution >= 4 is 31.9 Å². The maximum atomic E-state index is 13.7. The van der Waals surface area contributed by atoms with Crippen LogP contribution < -0.4 is 0 Å². The van der Waals surface area contributed by atoms with E-state index < -0.39 is 9.84 Å². The Bertz CT molecular complexity index is 2230. The number of hydrogen-bond acceptors (Lipinski definition) is 4. The Balaban J connectivity index is 1.25. The first kappa shape index (κ1) is 22.9. The second-order valence-electron chi connectivity index (χ2n) is 9.98. The van der Waals surface area contributed by atoms with Crippen molar-refractivity contribution in [2.24, 2.45) is 0 Å². The van der Waals surface area contributed by atoms with Gasteiger partial charge in [-0.05, 0) is 66.6 Å². The number of hydrogen-bond donors (Lipinski definition) is 0. The van der Waals surface area contributed by atoms with Crippen LogP contribution in [-0.4, -0.2) is 27.5 Å². The second kappa shape index (κ2) is 8.24. The van der Waals surface area contributed by atoms with Crippen molar-refractivity contribution in [3.05, 3.63) is 121 Å². The van der Waals surface area contributed by atoms with E-state index in [0.717, 1.165) is 45.1 Å². The number of benzene rings is 5. The van der Waals surface area contributed by atoms with E-state index in [9.17, 15) is 8.42 Å². The molecule has 7 aromatic rings. The minimum atomic E-state index is -3.70. The molecule has 5 aromatic carbocycles. The lowest BCUT2D eigenvalue weighted by molar-refractivity contribution is 0.594. The molecule has 0 unspecified atom stereocenters. The van der Waals surface area contributed by atoms with Crippen LogP contribution in [0.4, 0.5) is 0 Å². The molecule has 2 aromatic heterocycles. The molecule has 3 heterocycles. The number of imidazole rings is 2. The molecule has 0 bridgehead atoms. The Labute approximate surface area is 230 Å². The van der Waals surface area contributed by atoms with E-state index >= 15 is 0 Å². The third-order valence-corrected chi connectivity index (χ3v) is 9.45. The van der Waals surface area contributed by atoms with Crippen molar-refractivity contribution in [3.8, 4) is 33.9 Å². The molecule has 192 valence electrons. The van der Waals surface area contributed by atoms with Crippen LogP contribution in [0.25, 0.3) is 56.0 Å². The van der Waals surface area contributed by atoms with Gasteiger partial charge in [-0.2, -0.15) is 0 Å². The first-order valence-electron chi connectivity index (χ1n) is 13.0. The van der Waals surface area contributed by atoms with Crippen molar-refractivity contribution < 1.29 is 8.42 Å². The molecule has 8 rings (SSSR count). The highest BCUT2D eigenvalue weighted by atomic mass is 32.2. The Morgan fingerprint density at radius 2 is 1.30 bits per heavy atom. The summed E-state index contributed by atoms with van der Waals surface area (Å²) in [6.07, 6.45) is 0. The molecule has 1 aliphatic heterocycles. The summed E-state index contributed by atoms with van der Waals surface area (Å²) in [5, 5.41) is 0. The maximum Gasteiger partial charge on any atom is 0.210 e. The van der Waals surface area contributed by atoms with Crippen LogP contribution in [-0.2, 0) is 9.84 Å². The van der Waals surface area contributed by atoms with Crippen LogP contribution in [0.1, 0.15) is 5.82 Å². The molecule has 0 radical (unpaired) electrons. The van der Waals surface area contributed by atoms with Crippen LogP contribution in [0.2, 0.25) is 0 Å². The summed E-state index contributed by atoms with van der Waals surface area (Å²) < 4.78 is 31.6. The molecule has 6 nitrogen and oxygen atoms in total. The zero-order chi connectivity index (χ0) is 27.0. The van der Waals surface area contributed by atoms with E-state index in [1.165, 1.54) is 0 Å². The van der Waals surface area contributed by atoms with E-state index in [0.29, 0.717) is 26.5 Å². The standard InChI is InChI=1S/C33H22N4O2S/c1-21-34-27-11-7-13-30-32(27)36(21)29-19-18-24(20-31(29)40(30,38)39)22-14-16-23(17-15-22)33-35-26-10-5-6-12-28(26)37(33)25-8-3-2-4-9-25/h2-20H,1H3. The summed E-state index contributed by atoms with van der Waals surface area (Å²) in [5.41, 5.74) is 7.70. The van der Waals surface area contributed by atoms with Gasteiger partial charge in [0.1, 0.15) is 11.6 Å². The lowest BCUT2D eigenvalue weighted by atomic mass is 10.0. The summed E-state index contributed by atoms with van der Waals surface area (Å²) >= 11 is 0. The number of nitrogens with zero attached hydrogens (tertiary/aromatic N) is 4. The third-order valence-electron chi connectivity index (χ3n) is 7.64. The molecule has 0 N–H and O–H groups in total. The van der Waals surface area contributed by atoms with E-state index in [1.54, 1.807) is 18.2 Å². The number of rotatable bonds is 3. The minimum Gasteiger partial charge on any atom is -0.294 e. The average molecular weight is 539 g/mol. The Kier molecular flexibility index (Phi) is 4.72. The van der Waals surface area contributed by atoms with E-state index in [-0.39, 0.29) is 0 Å². The first-order valence-corrected chi connectivity index (χ1v) is 14.5.